The first-order valence-corrected chi connectivity index (χ1v) is 9.46. The largest absolute Gasteiger partial charge is 0.351 e. The molecule has 0 atom stereocenters. The Morgan fingerprint density at radius 3 is 2.52 bits per heavy atom. The van der Waals surface area contributed by atoms with Crippen LogP contribution in [0.4, 0.5) is 13.6 Å². The van der Waals surface area contributed by atoms with E-state index in [0.717, 1.165) is 16.7 Å². The quantitative estimate of drug-likeness (QED) is 0.730. The van der Waals surface area contributed by atoms with Gasteiger partial charge < -0.3 is 5.32 Å². The van der Waals surface area contributed by atoms with Gasteiger partial charge >= 0.3 is 0 Å². The molecule has 3 rings (SSSR count). The van der Waals surface area contributed by atoms with Crippen LogP contribution in [0.5, 0.6) is 0 Å². The Hall–Kier alpha value is -3.26. The molecule has 1 aliphatic heterocycles. The van der Waals surface area contributed by atoms with E-state index in [0.29, 0.717) is 11.1 Å². The molecular weight excluding hydrogens is 398 g/mol. The van der Waals surface area contributed by atoms with Crippen LogP contribution in [-0.4, -0.2) is 35.0 Å². The molecule has 0 unspecified atom stereocenters. The lowest BCUT2D eigenvalue weighted by atomic mass is 10.2. The van der Waals surface area contributed by atoms with Crippen molar-refractivity contribution in [2.45, 2.75) is 0 Å². The topological polar surface area (TPSA) is 66.5 Å². The van der Waals surface area contributed by atoms with Gasteiger partial charge in [-0.1, -0.05) is 24.3 Å². The zero-order valence-electron chi connectivity index (χ0n) is 15.1. The summed E-state index contributed by atoms with van der Waals surface area (Å²) in [5, 5.41) is 2.13. The Kier molecular flexibility index (Phi) is 6.56. The van der Waals surface area contributed by atoms with Crippen molar-refractivity contribution in [1.29, 1.82) is 0 Å². The van der Waals surface area contributed by atoms with Crippen LogP contribution in [0.3, 0.4) is 0 Å². The summed E-state index contributed by atoms with van der Waals surface area (Å²) in [6.07, 6.45) is 4.23. The van der Waals surface area contributed by atoms with E-state index in [1.54, 1.807) is 6.07 Å². The van der Waals surface area contributed by atoms with Gasteiger partial charge in [0.25, 0.3) is 11.1 Å². The van der Waals surface area contributed by atoms with E-state index < -0.39 is 28.7 Å². The zero-order chi connectivity index (χ0) is 20.8. The van der Waals surface area contributed by atoms with Crippen molar-refractivity contribution in [1.82, 2.24) is 10.2 Å². The highest BCUT2D eigenvalue weighted by Gasteiger charge is 2.34. The highest BCUT2D eigenvalue weighted by Crippen LogP contribution is 2.31. The maximum atomic E-state index is 13.1. The number of carbonyl (C=O) groups excluding carboxylic acids is 3. The van der Waals surface area contributed by atoms with Gasteiger partial charge in [-0.3, -0.25) is 19.3 Å². The van der Waals surface area contributed by atoms with Crippen molar-refractivity contribution in [3.8, 4) is 0 Å². The third kappa shape index (κ3) is 5.61. The van der Waals surface area contributed by atoms with Gasteiger partial charge in [0.15, 0.2) is 0 Å². The number of carbonyl (C=O) groups is 3. The highest BCUT2D eigenvalue weighted by atomic mass is 32.2. The van der Waals surface area contributed by atoms with E-state index in [9.17, 15) is 23.2 Å². The number of imide groups is 1. The Morgan fingerprint density at radius 1 is 1.03 bits per heavy atom. The number of hydrogen-bond acceptors (Lipinski definition) is 4. The minimum atomic E-state index is -0.464. The molecule has 5 nitrogen and oxygen atoms in total. The fourth-order valence-electron chi connectivity index (χ4n) is 2.54. The van der Waals surface area contributed by atoms with Crippen LogP contribution in [0.2, 0.25) is 0 Å². The van der Waals surface area contributed by atoms with E-state index in [1.807, 2.05) is 0 Å². The van der Waals surface area contributed by atoms with Gasteiger partial charge in [0.2, 0.25) is 5.91 Å². The number of hydrogen-bond donors (Lipinski definition) is 1. The number of thioether (sulfide) groups is 1. The monoisotopic (exact) mass is 414 g/mol. The number of rotatable bonds is 6. The van der Waals surface area contributed by atoms with Crippen molar-refractivity contribution in [3.63, 3.8) is 0 Å². The Bertz CT molecular complexity index is 1000. The Morgan fingerprint density at radius 2 is 1.79 bits per heavy atom. The molecule has 2 aromatic carbocycles. The molecule has 0 saturated carbocycles. The Balaban J connectivity index is 1.52. The molecule has 1 N–H and O–H groups in total. The second-order valence-electron chi connectivity index (χ2n) is 6.06. The predicted molar refractivity (Wildman–Crippen MR) is 108 cm³/mol. The maximum Gasteiger partial charge on any atom is 0.293 e. The van der Waals surface area contributed by atoms with Gasteiger partial charge in [-0.2, -0.15) is 0 Å². The molecule has 0 spiro atoms. The van der Waals surface area contributed by atoms with Crippen LogP contribution < -0.4 is 5.32 Å². The van der Waals surface area contributed by atoms with Crippen molar-refractivity contribution < 1.29 is 23.2 Å². The SMILES string of the molecule is O=C(C=Cc1cccc(F)c1)NCCN1C(=O)SC(=Cc2ccc(F)cc2)C1=O. The molecule has 0 aliphatic carbocycles. The molecule has 29 heavy (non-hydrogen) atoms. The minimum absolute atomic E-state index is 0.0188. The summed E-state index contributed by atoms with van der Waals surface area (Å²) in [5.74, 6) is -1.69. The van der Waals surface area contributed by atoms with Crippen molar-refractivity contribution in [3.05, 3.63) is 82.3 Å². The lowest BCUT2D eigenvalue weighted by Crippen LogP contribution is -2.36. The number of nitrogens with zero attached hydrogens (tertiary/aromatic N) is 1. The summed E-state index contributed by atoms with van der Waals surface area (Å²) in [7, 11) is 0. The van der Waals surface area contributed by atoms with Crippen LogP contribution >= 0.6 is 11.8 Å². The number of amides is 3. The fraction of sp³-hybridized carbons (Fsp3) is 0.0952. The molecule has 1 saturated heterocycles. The Labute approximate surface area is 170 Å². The van der Waals surface area contributed by atoms with E-state index in [2.05, 4.69) is 5.32 Å². The highest BCUT2D eigenvalue weighted by molar-refractivity contribution is 8.18. The molecule has 0 bridgehead atoms. The van der Waals surface area contributed by atoms with Gasteiger partial charge in [-0.05, 0) is 59.3 Å². The molecule has 1 heterocycles. The summed E-state index contributed by atoms with van der Waals surface area (Å²) in [4.78, 5) is 37.6. The summed E-state index contributed by atoms with van der Waals surface area (Å²) in [6, 6.07) is 11.3. The van der Waals surface area contributed by atoms with Crippen LogP contribution in [0.25, 0.3) is 12.2 Å². The third-order valence-corrected chi connectivity index (χ3v) is 4.86. The average molecular weight is 414 g/mol. The molecule has 0 aromatic heterocycles. The summed E-state index contributed by atoms with van der Waals surface area (Å²) in [6.45, 7) is 0.0964. The standard InChI is InChI=1S/C21H16F2N2O3S/c22-16-7-4-15(5-8-16)13-18-20(27)25(21(28)29-18)11-10-24-19(26)9-6-14-2-1-3-17(23)12-14/h1-9,12-13H,10-11H2,(H,24,26). The lowest BCUT2D eigenvalue weighted by molar-refractivity contribution is -0.123. The summed E-state index contributed by atoms with van der Waals surface area (Å²) >= 11 is 0.791. The minimum Gasteiger partial charge on any atom is -0.351 e. The van der Waals surface area contributed by atoms with E-state index >= 15 is 0 Å². The van der Waals surface area contributed by atoms with Gasteiger partial charge in [-0.25, -0.2) is 8.78 Å². The predicted octanol–water partition coefficient (Wildman–Crippen LogP) is 3.83. The van der Waals surface area contributed by atoms with Crippen LogP contribution in [0.15, 0.2) is 59.5 Å². The third-order valence-electron chi connectivity index (χ3n) is 3.95. The number of nitrogens with one attached hydrogen (secondary N) is 1. The molecule has 0 radical (unpaired) electrons. The summed E-state index contributed by atoms with van der Waals surface area (Å²) < 4.78 is 26.1. The number of halogens is 2. The van der Waals surface area contributed by atoms with Gasteiger partial charge in [0.1, 0.15) is 11.6 Å². The van der Waals surface area contributed by atoms with Gasteiger partial charge in [0, 0.05) is 19.2 Å². The van der Waals surface area contributed by atoms with E-state index in [-0.39, 0.29) is 18.0 Å². The molecular formula is C21H16F2N2O3S. The zero-order valence-corrected chi connectivity index (χ0v) is 15.9. The first-order chi connectivity index (χ1) is 13.9. The molecule has 2 aromatic rings. The van der Waals surface area contributed by atoms with Gasteiger partial charge in [0.05, 0.1) is 4.91 Å². The first kappa shape index (κ1) is 20.5. The summed E-state index contributed by atoms with van der Waals surface area (Å²) in [5.41, 5.74) is 1.14. The normalized spacial score (nSPS) is 15.5. The fourth-order valence-corrected chi connectivity index (χ4v) is 3.40. The van der Waals surface area contributed by atoms with Crippen molar-refractivity contribution in [2.75, 3.05) is 13.1 Å². The van der Waals surface area contributed by atoms with Crippen molar-refractivity contribution in [2.24, 2.45) is 0 Å². The first-order valence-electron chi connectivity index (χ1n) is 8.65. The lowest BCUT2D eigenvalue weighted by Gasteiger charge is -2.12. The van der Waals surface area contributed by atoms with Gasteiger partial charge in [-0.15, -0.1) is 0 Å². The van der Waals surface area contributed by atoms with Crippen LogP contribution in [0.1, 0.15) is 11.1 Å². The average Bonchev–Trinajstić information content (AvgIpc) is 2.95. The van der Waals surface area contributed by atoms with E-state index in [1.165, 1.54) is 60.7 Å². The smallest absolute Gasteiger partial charge is 0.293 e. The second kappa shape index (κ2) is 9.29. The van der Waals surface area contributed by atoms with Crippen molar-refractivity contribution >= 4 is 41.0 Å². The van der Waals surface area contributed by atoms with Crippen LogP contribution in [-0.2, 0) is 9.59 Å². The van der Waals surface area contributed by atoms with Crippen LogP contribution in [0, 0.1) is 11.6 Å². The molecule has 148 valence electrons. The second-order valence-corrected chi connectivity index (χ2v) is 7.06. The molecule has 1 fully saturated rings. The molecule has 8 heteroatoms. The molecule has 3 amide bonds. The van der Waals surface area contributed by atoms with E-state index in [4.69, 9.17) is 0 Å². The number of benzene rings is 2. The maximum absolute atomic E-state index is 13.1. The molecule has 1 aliphatic rings.